The zero-order valence-corrected chi connectivity index (χ0v) is 9.85. The highest BCUT2D eigenvalue weighted by Crippen LogP contribution is 2.40. The lowest BCUT2D eigenvalue weighted by Gasteiger charge is -2.37. The highest BCUT2D eigenvalue weighted by atomic mass is 15.1. The lowest BCUT2D eigenvalue weighted by Crippen LogP contribution is -2.45. The first-order valence-corrected chi connectivity index (χ1v) is 5.39. The van der Waals surface area contributed by atoms with Gasteiger partial charge in [-0.15, -0.1) is 0 Å². The molecule has 0 spiro atoms. The molecule has 3 N–H and O–H groups in total. The Hall–Kier alpha value is -0.730. The quantitative estimate of drug-likeness (QED) is 0.524. The molecule has 1 rings (SSSR count). The molecule has 0 heterocycles. The van der Waals surface area contributed by atoms with Crippen molar-refractivity contribution < 1.29 is 0 Å². The van der Waals surface area contributed by atoms with Crippen molar-refractivity contribution >= 4 is 5.96 Å². The molecule has 0 aromatic heterocycles. The van der Waals surface area contributed by atoms with E-state index in [1.165, 1.54) is 19.3 Å². The van der Waals surface area contributed by atoms with Crippen LogP contribution in [0.4, 0.5) is 0 Å². The van der Waals surface area contributed by atoms with Gasteiger partial charge in [-0.25, -0.2) is 0 Å². The standard InChI is InChI=1S/C11H23N3/c1-10(2,3)14-9(12)13-8-11(4)6-5-7-11/h5-8H2,1-4H3,(H3,12,13,14). The van der Waals surface area contributed by atoms with Gasteiger partial charge in [0.2, 0.25) is 0 Å². The van der Waals surface area contributed by atoms with Crippen molar-refractivity contribution in [2.75, 3.05) is 6.54 Å². The van der Waals surface area contributed by atoms with Crippen molar-refractivity contribution in [2.45, 2.75) is 52.5 Å². The number of guanidine groups is 1. The van der Waals surface area contributed by atoms with Crippen molar-refractivity contribution in [3.8, 4) is 0 Å². The summed E-state index contributed by atoms with van der Waals surface area (Å²) in [5.74, 6) is 0.575. The van der Waals surface area contributed by atoms with Crippen LogP contribution in [0.5, 0.6) is 0 Å². The van der Waals surface area contributed by atoms with Gasteiger partial charge in [0.1, 0.15) is 0 Å². The van der Waals surface area contributed by atoms with E-state index < -0.39 is 0 Å². The molecule has 82 valence electrons. The zero-order chi connectivity index (χ0) is 10.8. The predicted octanol–water partition coefficient (Wildman–Crippen LogP) is 1.88. The third-order valence-electron chi connectivity index (χ3n) is 2.69. The summed E-state index contributed by atoms with van der Waals surface area (Å²) in [5, 5.41) is 3.17. The molecular weight excluding hydrogens is 174 g/mol. The number of nitrogens with one attached hydrogen (secondary N) is 1. The number of nitrogens with zero attached hydrogens (tertiary/aromatic N) is 1. The fourth-order valence-electron chi connectivity index (χ4n) is 1.64. The van der Waals surface area contributed by atoms with Crippen molar-refractivity contribution in [1.82, 2.24) is 5.32 Å². The Morgan fingerprint density at radius 1 is 1.43 bits per heavy atom. The largest absolute Gasteiger partial charge is 0.370 e. The lowest BCUT2D eigenvalue weighted by atomic mass is 9.71. The Labute approximate surface area is 87.2 Å². The van der Waals surface area contributed by atoms with E-state index in [9.17, 15) is 0 Å². The van der Waals surface area contributed by atoms with E-state index in [-0.39, 0.29) is 5.54 Å². The fraction of sp³-hybridized carbons (Fsp3) is 0.909. The summed E-state index contributed by atoms with van der Waals surface area (Å²) < 4.78 is 0. The Kier molecular flexibility index (Phi) is 3.07. The van der Waals surface area contributed by atoms with E-state index in [1.807, 2.05) is 0 Å². The van der Waals surface area contributed by atoms with Gasteiger partial charge in [0.15, 0.2) is 5.96 Å². The molecule has 0 aromatic rings. The number of nitrogens with two attached hydrogens (primary N) is 1. The Morgan fingerprint density at radius 2 is 2.00 bits per heavy atom. The van der Waals surface area contributed by atoms with Gasteiger partial charge >= 0.3 is 0 Å². The molecule has 1 aliphatic rings. The maximum Gasteiger partial charge on any atom is 0.189 e. The summed E-state index contributed by atoms with van der Waals surface area (Å²) in [4.78, 5) is 4.39. The van der Waals surface area contributed by atoms with Crippen molar-refractivity contribution in [1.29, 1.82) is 0 Å². The maximum absolute atomic E-state index is 5.78. The molecule has 0 saturated heterocycles. The smallest absolute Gasteiger partial charge is 0.189 e. The van der Waals surface area contributed by atoms with Crippen LogP contribution >= 0.6 is 0 Å². The molecule has 0 bridgehead atoms. The van der Waals surface area contributed by atoms with Gasteiger partial charge in [0.05, 0.1) is 0 Å². The third kappa shape index (κ3) is 3.56. The molecule has 0 unspecified atom stereocenters. The summed E-state index contributed by atoms with van der Waals surface area (Å²) >= 11 is 0. The first-order valence-electron chi connectivity index (χ1n) is 5.39. The Morgan fingerprint density at radius 3 is 2.36 bits per heavy atom. The van der Waals surface area contributed by atoms with E-state index in [0.717, 1.165) is 6.54 Å². The van der Waals surface area contributed by atoms with Gasteiger partial charge < -0.3 is 11.1 Å². The van der Waals surface area contributed by atoms with Crippen molar-refractivity contribution in [3.05, 3.63) is 0 Å². The normalized spacial score (nSPS) is 21.6. The maximum atomic E-state index is 5.78. The van der Waals surface area contributed by atoms with Crippen molar-refractivity contribution in [2.24, 2.45) is 16.1 Å². The highest BCUT2D eigenvalue weighted by molar-refractivity contribution is 5.78. The molecule has 0 aromatic carbocycles. The van der Waals surface area contributed by atoms with Crippen LogP contribution in [0.1, 0.15) is 47.0 Å². The van der Waals surface area contributed by atoms with Crippen LogP contribution < -0.4 is 11.1 Å². The van der Waals surface area contributed by atoms with E-state index in [1.54, 1.807) is 0 Å². The minimum absolute atomic E-state index is 0.00804. The van der Waals surface area contributed by atoms with Crippen LogP contribution in [-0.2, 0) is 0 Å². The molecule has 1 fully saturated rings. The summed E-state index contributed by atoms with van der Waals surface area (Å²) in [6.45, 7) is 9.40. The number of aliphatic imine (C=N–C) groups is 1. The molecule has 0 aliphatic heterocycles. The van der Waals surface area contributed by atoms with Crippen LogP contribution in [0.25, 0.3) is 0 Å². The summed E-state index contributed by atoms with van der Waals surface area (Å²) in [7, 11) is 0. The zero-order valence-electron chi connectivity index (χ0n) is 9.85. The van der Waals surface area contributed by atoms with Gasteiger partial charge in [-0.3, -0.25) is 4.99 Å². The highest BCUT2D eigenvalue weighted by Gasteiger charge is 2.31. The van der Waals surface area contributed by atoms with E-state index in [0.29, 0.717) is 11.4 Å². The second-order valence-electron chi connectivity index (χ2n) is 5.74. The first kappa shape index (κ1) is 11.3. The second-order valence-corrected chi connectivity index (χ2v) is 5.74. The molecule has 0 amide bonds. The van der Waals surface area contributed by atoms with Crippen LogP contribution in [0, 0.1) is 5.41 Å². The summed E-state index contributed by atoms with van der Waals surface area (Å²) in [6.07, 6.45) is 3.93. The lowest BCUT2D eigenvalue weighted by molar-refractivity contribution is 0.173. The van der Waals surface area contributed by atoms with Gasteiger partial charge in [0, 0.05) is 12.1 Å². The van der Waals surface area contributed by atoms with E-state index >= 15 is 0 Å². The average molecular weight is 197 g/mol. The number of rotatable bonds is 2. The number of hydrogen-bond donors (Lipinski definition) is 2. The molecule has 3 nitrogen and oxygen atoms in total. The van der Waals surface area contributed by atoms with Crippen molar-refractivity contribution in [3.63, 3.8) is 0 Å². The number of hydrogen-bond acceptors (Lipinski definition) is 1. The topological polar surface area (TPSA) is 50.4 Å². The molecule has 0 atom stereocenters. The molecule has 0 radical (unpaired) electrons. The molecule has 1 saturated carbocycles. The van der Waals surface area contributed by atoms with Gasteiger partial charge in [-0.1, -0.05) is 13.3 Å². The van der Waals surface area contributed by atoms with Crippen LogP contribution in [0.2, 0.25) is 0 Å². The monoisotopic (exact) mass is 197 g/mol. The molecule has 14 heavy (non-hydrogen) atoms. The predicted molar refractivity (Wildman–Crippen MR) is 61.3 cm³/mol. The summed E-state index contributed by atoms with van der Waals surface area (Å²) in [6, 6.07) is 0. The Bertz CT molecular complexity index is 221. The van der Waals surface area contributed by atoms with Gasteiger partial charge in [-0.05, 0) is 39.0 Å². The first-order chi connectivity index (χ1) is 6.31. The molecular formula is C11H23N3. The van der Waals surface area contributed by atoms with Gasteiger partial charge in [0.25, 0.3) is 0 Å². The fourth-order valence-corrected chi connectivity index (χ4v) is 1.64. The molecule has 1 aliphatic carbocycles. The molecule has 3 heteroatoms. The van der Waals surface area contributed by atoms with Gasteiger partial charge in [-0.2, -0.15) is 0 Å². The van der Waals surface area contributed by atoms with E-state index in [4.69, 9.17) is 5.73 Å². The third-order valence-corrected chi connectivity index (χ3v) is 2.69. The summed E-state index contributed by atoms with van der Waals surface area (Å²) in [5.41, 5.74) is 6.21. The SMILES string of the molecule is CC1(CN=C(N)NC(C)(C)C)CCC1. The van der Waals surface area contributed by atoms with Crippen LogP contribution in [0.3, 0.4) is 0 Å². The minimum atomic E-state index is 0.00804. The van der Waals surface area contributed by atoms with E-state index in [2.05, 4.69) is 38.0 Å². The van der Waals surface area contributed by atoms with Crippen LogP contribution in [-0.4, -0.2) is 18.0 Å². The van der Waals surface area contributed by atoms with Crippen LogP contribution in [0.15, 0.2) is 4.99 Å². The minimum Gasteiger partial charge on any atom is -0.370 e. The Balaban J connectivity index is 2.36. The average Bonchev–Trinajstić information content (AvgIpc) is 1.94. The second kappa shape index (κ2) is 3.79.